The summed E-state index contributed by atoms with van der Waals surface area (Å²) in [6, 6.07) is 8.37. The predicted molar refractivity (Wildman–Crippen MR) is 60.3 cm³/mol. The van der Waals surface area contributed by atoms with Crippen LogP contribution in [0.2, 0.25) is 0 Å². The van der Waals surface area contributed by atoms with Crippen LogP contribution in [0.3, 0.4) is 0 Å². The van der Waals surface area contributed by atoms with Crippen molar-refractivity contribution in [1.82, 2.24) is 0 Å². The van der Waals surface area contributed by atoms with Crippen molar-refractivity contribution in [2.24, 2.45) is 0 Å². The second kappa shape index (κ2) is 6.98. The van der Waals surface area contributed by atoms with Gasteiger partial charge in [0.1, 0.15) is 6.79 Å². The van der Waals surface area contributed by atoms with Crippen LogP contribution in [0.25, 0.3) is 0 Å². The van der Waals surface area contributed by atoms with E-state index in [1.54, 1.807) is 7.11 Å². The van der Waals surface area contributed by atoms with Gasteiger partial charge in [0.2, 0.25) is 0 Å². The first-order chi connectivity index (χ1) is 6.83. The van der Waals surface area contributed by atoms with Crippen molar-refractivity contribution in [3.8, 4) is 0 Å². The summed E-state index contributed by atoms with van der Waals surface area (Å²) in [5.41, 5.74) is 1.34. The van der Waals surface area contributed by atoms with E-state index in [2.05, 4.69) is 40.2 Å². The zero-order valence-electron chi connectivity index (χ0n) is 8.33. The minimum Gasteiger partial charge on any atom is -0.359 e. The van der Waals surface area contributed by atoms with E-state index in [1.165, 1.54) is 5.56 Å². The molecule has 0 aliphatic heterocycles. The monoisotopic (exact) mass is 258 g/mol. The van der Waals surface area contributed by atoms with Gasteiger partial charge in [-0.05, 0) is 30.5 Å². The van der Waals surface area contributed by atoms with Gasteiger partial charge in [0.15, 0.2) is 0 Å². The molecule has 3 heteroatoms. The number of aryl methyl sites for hydroxylation is 1. The van der Waals surface area contributed by atoms with Crippen LogP contribution < -0.4 is 0 Å². The van der Waals surface area contributed by atoms with Crippen LogP contribution in [0.15, 0.2) is 28.7 Å². The van der Waals surface area contributed by atoms with Crippen molar-refractivity contribution < 1.29 is 9.47 Å². The maximum Gasteiger partial charge on any atom is 0.146 e. The molecule has 0 atom stereocenters. The Hall–Kier alpha value is -0.380. The van der Waals surface area contributed by atoms with Gasteiger partial charge < -0.3 is 9.47 Å². The highest BCUT2D eigenvalue weighted by Gasteiger charge is 1.93. The minimum atomic E-state index is 0.389. The standard InChI is InChI=1S/C11H15BrO2/c1-13-9-14-8-2-3-10-4-6-11(12)7-5-10/h4-7H,2-3,8-9H2,1H3. The summed E-state index contributed by atoms with van der Waals surface area (Å²) in [4.78, 5) is 0. The number of hydrogen-bond acceptors (Lipinski definition) is 2. The summed E-state index contributed by atoms with van der Waals surface area (Å²) in [5.74, 6) is 0. The third kappa shape index (κ3) is 4.74. The molecule has 2 nitrogen and oxygen atoms in total. The summed E-state index contributed by atoms with van der Waals surface area (Å²) < 4.78 is 11.1. The lowest BCUT2D eigenvalue weighted by Crippen LogP contribution is -1.99. The van der Waals surface area contributed by atoms with E-state index in [4.69, 9.17) is 9.47 Å². The molecule has 0 aliphatic carbocycles. The first-order valence-electron chi connectivity index (χ1n) is 4.64. The molecule has 0 unspecified atom stereocenters. The molecule has 0 spiro atoms. The van der Waals surface area contributed by atoms with E-state index in [1.807, 2.05) is 0 Å². The zero-order valence-corrected chi connectivity index (χ0v) is 9.92. The third-order valence-electron chi connectivity index (χ3n) is 1.87. The summed E-state index contributed by atoms with van der Waals surface area (Å²) in [5, 5.41) is 0. The SMILES string of the molecule is COCOCCCc1ccc(Br)cc1. The lowest BCUT2D eigenvalue weighted by Gasteiger charge is -2.03. The average Bonchev–Trinajstić information content (AvgIpc) is 2.21. The second-order valence-corrected chi connectivity index (χ2v) is 3.96. The Kier molecular flexibility index (Phi) is 5.83. The van der Waals surface area contributed by atoms with Crippen molar-refractivity contribution in [2.75, 3.05) is 20.5 Å². The van der Waals surface area contributed by atoms with Crippen molar-refractivity contribution in [2.45, 2.75) is 12.8 Å². The molecule has 0 saturated heterocycles. The molecule has 0 bridgehead atoms. The van der Waals surface area contributed by atoms with Crippen LogP contribution >= 0.6 is 15.9 Å². The second-order valence-electron chi connectivity index (χ2n) is 3.04. The maximum atomic E-state index is 5.20. The van der Waals surface area contributed by atoms with Crippen LogP contribution in [0.4, 0.5) is 0 Å². The van der Waals surface area contributed by atoms with E-state index in [-0.39, 0.29) is 0 Å². The summed E-state index contributed by atoms with van der Waals surface area (Å²) in [6.45, 7) is 1.14. The molecule has 0 radical (unpaired) electrons. The highest BCUT2D eigenvalue weighted by Crippen LogP contribution is 2.11. The number of halogens is 1. The van der Waals surface area contributed by atoms with Crippen molar-refractivity contribution >= 4 is 15.9 Å². The molecule has 0 heterocycles. The zero-order chi connectivity index (χ0) is 10.2. The van der Waals surface area contributed by atoms with Crippen molar-refractivity contribution in [1.29, 1.82) is 0 Å². The smallest absolute Gasteiger partial charge is 0.146 e. The normalized spacial score (nSPS) is 10.4. The highest BCUT2D eigenvalue weighted by atomic mass is 79.9. The predicted octanol–water partition coefficient (Wildman–Crippen LogP) is 3.00. The molecule has 78 valence electrons. The summed E-state index contributed by atoms with van der Waals surface area (Å²) in [7, 11) is 1.63. The van der Waals surface area contributed by atoms with E-state index in [0.29, 0.717) is 6.79 Å². The van der Waals surface area contributed by atoms with Gasteiger partial charge in [0, 0.05) is 18.2 Å². The molecule has 1 aromatic carbocycles. The van der Waals surface area contributed by atoms with Gasteiger partial charge in [0.05, 0.1) is 0 Å². The number of ether oxygens (including phenoxy) is 2. The molecular formula is C11H15BrO2. The first-order valence-corrected chi connectivity index (χ1v) is 5.43. The Morgan fingerprint density at radius 1 is 1.21 bits per heavy atom. The Morgan fingerprint density at radius 2 is 1.93 bits per heavy atom. The fourth-order valence-corrected chi connectivity index (χ4v) is 1.44. The van der Waals surface area contributed by atoms with Gasteiger partial charge in [-0.2, -0.15) is 0 Å². The average molecular weight is 259 g/mol. The topological polar surface area (TPSA) is 18.5 Å². The van der Waals surface area contributed by atoms with E-state index >= 15 is 0 Å². The molecule has 0 amide bonds. The van der Waals surface area contributed by atoms with Gasteiger partial charge in [-0.1, -0.05) is 28.1 Å². The maximum absolute atomic E-state index is 5.20. The van der Waals surface area contributed by atoms with Crippen LogP contribution in [0.1, 0.15) is 12.0 Å². The molecular weight excluding hydrogens is 244 g/mol. The molecule has 1 aromatic rings. The quantitative estimate of drug-likeness (QED) is 0.577. The number of hydrogen-bond donors (Lipinski definition) is 0. The van der Waals surface area contributed by atoms with Crippen LogP contribution in [0.5, 0.6) is 0 Å². The lowest BCUT2D eigenvalue weighted by atomic mass is 10.1. The third-order valence-corrected chi connectivity index (χ3v) is 2.40. The summed E-state index contributed by atoms with van der Waals surface area (Å²) >= 11 is 3.41. The Bertz CT molecular complexity index is 246. The number of rotatable bonds is 6. The van der Waals surface area contributed by atoms with Crippen LogP contribution in [-0.4, -0.2) is 20.5 Å². The minimum absolute atomic E-state index is 0.389. The van der Waals surface area contributed by atoms with E-state index < -0.39 is 0 Å². The van der Waals surface area contributed by atoms with Crippen molar-refractivity contribution in [3.05, 3.63) is 34.3 Å². The van der Waals surface area contributed by atoms with Crippen LogP contribution in [-0.2, 0) is 15.9 Å². The molecule has 0 aliphatic rings. The van der Waals surface area contributed by atoms with Gasteiger partial charge in [0.25, 0.3) is 0 Å². The highest BCUT2D eigenvalue weighted by molar-refractivity contribution is 9.10. The van der Waals surface area contributed by atoms with Gasteiger partial charge >= 0.3 is 0 Å². The van der Waals surface area contributed by atoms with Gasteiger partial charge in [-0.15, -0.1) is 0 Å². The van der Waals surface area contributed by atoms with E-state index in [0.717, 1.165) is 23.9 Å². The van der Waals surface area contributed by atoms with E-state index in [9.17, 15) is 0 Å². The largest absolute Gasteiger partial charge is 0.359 e. The molecule has 14 heavy (non-hydrogen) atoms. The fourth-order valence-electron chi connectivity index (χ4n) is 1.17. The molecule has 0 fully saturated rings. The van der Waals surface area contributed by atoms with Gasteiger partial charge in [-0.25, -0.2) is 0 Å². The first kappa shape index (κ1) is 11.7. The molecule has 0 saturated carbocycles. The van der Waals surface area contributed by atoms with Gasteiger partial charge in [-0.3, -0.25) is 0 Å². The van der Waals surface area contributed by atoms with Crippen molar-refractivity contribution in [3.63, 3.8) is 0 Å². The Morgan fingerprint density at radius 3 is 2.57 bits per heavy atom. The number of methoxy groups -OCH3 is 1. The Balaban J connectivity index is 2.15. The summed E-state index contributed by atoms with van der Waals surface area (Å²) in [6.07, 6.45) is 2.09. The Labute approximate surface area is 93.4 Å². The van der Waals surface area contributed by atoms with Crippen LogP contribution in [0, 0.1) is 0 Å². The fraction of sp³-hybridized carbons (Fsp3) is 0.455. The number of benzene rings is 1. The molecule has 1 rings (SSSR count). The molecule has 0 N–H and O–H groups in total. The lowest BCUT2D eigenvalue weighted by molar-refractivity contribution is -0.0310. The molecule has 0 aromatic heterocycles.